The fourth-order valence-corrected chi connectivity index (χ4v) is 2.85. The molecule has 1 saturated carbocycles. The molecule has 108 valence electrons. The fourth-order valence-electron chi connectivity index (χ4n) is 2.85. The van der Waals surface area contributed by atoms with Crippen molar-refractivity contribution in [3.63, 3.8) is 0 Å². The van der Waals surface area contributed by atoms with Crippen LogP contribution in [0.15, 0.2) is 0 Å². The molecule has 1 aliphatic carbocycles. The molecule has 0 aromatic rings. The quantitative estimate of drug-likeness (QED) is 0.819. The van der Waals surface area contributed by atoms with Gasteiger partial charge in [-0.3, -0.25) is 9.69 Å². The number of likely N-dealkylation sites (tertiary alicyclic amines) is 1. The summed E-state index contributed by atoms with van der Waals surface area (Å²) in [5.41, 5.74) is 6.10. The van der Waals surface area contributed by atoms with E-state index in [4.69, 9.17) is 5.73 Å². The summed E-state index contributed by atoms with van der Waals surface area (Å²) < 4.78 is 0. The van der Waals surface area contributed by atoms with E-state index in [1.165, 1.54) is 12.8 Å². The summed E-state index contributed by atoms with van der Waals surface area (Å²) >= 11 is 0. The molecule has 1 amide bonds. The number of carbonyl (C=O) groups is 1. The van der Waals surface area contributed by atoms with Crippen molar-refractivity contribution in [3.8, 4) is 0 Å². The lowest BCUT2D eigenvalue weighted by Gasteiger charge is -2.43. The van der Waals surface area contributed by atoms with Gasteiger partial charge in [0.1, 0.15) is 0 Å². The number of carbonyl (C=O) groups excluding carboxylic acids is 1. The van der Waals surface area contributed by atoms with Gasteiger partial charge < -0.3 is 10.6 Å². The average Bonchev–Trinajstić information content (AvgIpc) is 2.39. The summed E-state index contributed by atoms with van der Waals surface area (Å²) in [4.78, 5) is 16.2. The molecule has 0 bridgehead atoms. The van der Waals surface area contributed by atoms with E-state index in [0.717, 1.165) is 25.8 Å². The maximum absolute atomic E-state index is 12.2. The van der Waals surface area contributed by atoms with Gasteiger partial charge in [0.05, 0.1) is 6.04 Å². The molecule has 18 heavy (non-hydrogen) atoms. The van der Waals surface area contributed by atoms with Crippen LogP contribution in [-0.2, 0) is 4.79 Å². The Morgan fingerprint density at radius 3 is 2.33 bits per heavy atom. The van der Waals surface area contributed by atoms with Crippen molar-refractivity contribution in [2.24, 2.45) is 5.73 Å². The normalized spacial score (nSPS) is 31.9. The molecule has 0 aromatic heterocycles. The van der Waals surface area contributed by atoms with Crippen LogP contribution in [0.2, 0.25) is 0 Å². The van der Waals surface area contributed by atoms with Gasteiger partial charge in [-0.05, 0) is 26.3 Å². The van der Waals surface area contributed by atoms with Crippen LogP contribution in [0, 0.1) is 0 Å². The lowest BCUT2D eigenvalue weighted by atomic mass is 9.89. The molecular formula is C14H31N3O. The highest BCUT2D eigenvalue weighted by molar-refractivity contribution is 5.82. The first kappa shape index (κ1) is 15.4. The van der Waals surface area contributed by atoms with Gasteiger partial charge >= 0.3 is 0 Å². The zero-order chi connectivity index (χ0) is 13.7. The Bertz CT molecular complexity index is 275. The average molecular weight is 257 g/mol. The summed E-state index contributed by atoms with van der Waals surface area (Å²) in [6, 6.07) is 0.544. The predicted molar refractivity (Wildman–Crippen MR) is 77.5 cm³/mol. The summed E-state index contributed by atoms with van der Waals surface area (Å²) in [6.07, 6.45) is 5.55. The Labute approximate surface area is 113 Å². The molecule has 3 atom stereocenters. The molecule has 0 radical (unpaired) electrons. The monoisotopic (exact) mass is 257 g/mol. The fraction of sp³-hybridized carbons (Fsp3) is 0.929. The molecule has 2 fully saturated rings. The molecule has 1 heterocycles. The van der Waals surface area contributed by atoms with Crippen molar-refractivity contribution in [3.05, 3.63) is 0 Å². The van der Waals surface area contributed by atoms with Crippen LogP contribution in [0.4, 0.5) is 0 Å². The molecule has 4 heteroatoms. The molecule has 0 spiro atoms. The maximum Gasteiger partial charge on any atom is 0.240 e. The van der Waals surface area contributed by atoms with Crippen LogP contribution in [0.5, 0.6) is 0 Å². The largest absolute Gasteiger partial charge is 0.340 e. The Morgan fingerprint density at radius 2 is 1.89 bits per heavy atom. The van der Waals surface area contributed by atoms with E-state index < -0.39 is 0 Å². The molecule has 2 aliphatic rings. The van der Waals surface area contributed by atoms with Crippen LogP contribution >= 0.6 is 0 Å². The number of nitrogens with zero attached hydrogens (tertiary/aromatic N) is 2. The second-order valence-electron chi connectivity index (χ2n) is 5.25. The van der Waals surface area contributed by atoms with Crippen molar-refractivity contribution in [1.82, 2.24) is 9.80 Å². The van der Waals surface area contributed by atoms with Crippen molar-refractivity contribution in [2.75, 3.05) is 20.6 Å². The number of rotatable bonds is 2. The van der Waals surface area contributed by atoms with Crippen molar-refractivity contribution in [1.29, 1.82) is 0 Å². The van der Waals surface area contributed by atoms with E-state index in [0.29, 0.717) is 0 Å². The van der Waals surface area contributed by atoms with E-state index >= 15 is 0 Å². The molecule has 0 aromatic carbocycles. The summed E-state index contributed by atoms with van der Waals surface area (Å²) in [6.45, 7) is 5.04. The van der Waals surface area contributed by atoms with Gasteiger partial charge in [0.2, 0.25) is 5.91 Å². The third-order valence-electron chi connectivity index (χ3n) is 4.20. The van der Waals surface area contributed by atoms with Crippen LogP contribution in [0.25, 0.3) is 0 Å². The first-order valence-corrected chi connectivity index (χ1v) is 7.33. The third kappa shape index (κ3) is 3.23. The number of hydrogen-bond acceptors (Lipinski definition) is 3. The minimum Gasteiger partial charge on any atom is -0.340 e. The third-order valence-corrected chi connectivity index (χ3v) is 4.20. The van der Waals surface area contributed by atoms with Gasteiger partial charge in [-0.25, -0.2) is 0 Å². The molecule has 1 saturated heterocycles. The minimum absolute atomic E-state index is 0. The van der Waals surface area contributed by atoms with Gasteiger partial charge in [0.25, 0.3) is 0 Å². The topological polar surface area (TPSA) is 49.6 Å². The summed E-state index contributed by atoms with van der Waals surface area (Å²) in [5, 5.41) is 0. The zero-order valence-corrected chi connectivity index (χ0v) is 12.4. The molecule has 2 N–H and O–H groups in total. The zero-order valence-electron chi connectivity index (χ0n) is 12.4. The SMILES string of the molecule is CC.CN1CC[C@@H]1C(=O)N(C)[C@H]1CCCC[C@@H]1N.[HH]. The minimum atomic E-state index is 0. The molecule has 4 nitrogen and oxygen atoms in total. The van der Waals surface area contributed by atoms with Gasteiger partial charge in [0.15, 0.2) is 0 Å². The van der Waals surface area contributed by atoms with Crippen molar-refractivity contribution >= 4 is 5.91 Å². The number of amides is 1. The highest BCUT2D eigenvalue weighted by atomic mass is 16.2. The van der Waals surface area contributed by atoms with Crippen LogP contribution in [0.3, 0.4) is 0 Å². The lowest BCUT2D eigenvalue weighted by molar-refractivity contribution is -0.142. The Hall–Kier alpha value is -0.610. The van der Waals surface area contributed by atoms with Gasteiger partial charge in [-0.1, -0.05) is 26.7 Å². The molecule has 2 rings (SSSR count). The first-order valence-electron chi connectivity index (χ1n) is 7.33. The molecule has 1 aliphatic heterocycles. The maximum atomic E-state index is 12.2. The number of likely N-dealkylation sites (N-methyl/N-ethyl adjacent to an activating group) is 2. The first-order chi connectivity index (χ1) is 8.61. The van der Waals surface area contributed by atoms with Crippen LogP contribution in [0.1, 0.15) is 47.4 Å². The number of nitrogens with two attached hydrogens (primary N) is 1. The van der Waals surface area contributed by atoms with E-state index in [9.17, 15) is 4.79 Å². The second-order valence-corrected chi connectivity index (χ2v) is 5.25. The highest BCUT2D eigenvalue weighted by Crippen LogP contribution is 2.24. The highest BCUT2D eigenvalue weighted by Gasteiger charge is 2.37. The van der Waals surface area contributed by atoms with Crippen molar-refractivity contribution < 1.29 is 6.22 Å². The standard InChI is InChI=1S/C12H23N3O.C2H6.H2/c1-14-8-7-11(14)12(16)15(2)10-6-4-3-5-9(10)13;1-2;/h9-11H,3-8,13H2,1-2H3;1-2H3;1H/t9-,10-,11+;;/m0../s1. The number of hydrogen-bond donors (Lipinski definition) is 1. The lowest BCUT2D eigenvalue weighted by Crippen LogP contribution is -2.59. The van der Waals surface area contributed by atoms with Crippen LogP contribution in [-0.4, -0.2) is 54.5 Å². The Kier molecular flexibility index (Phi) is 6.09. The van der Waals surface area contributed by atoms with Crippen molar-refractivity contribution in [2.45, 2.75) is 64.1 Å². The second kappa shape index (κ2) is 7.10. The Morgan fingerprint density at radius 1 is 1.28 bits per heavy atom. The van der Waals surface area contributed by atoms with E-state index in [2.05, 4.69) is 4.90 Å². The molecule has 0 unspecified atom stereocenters. The van der Waals surface area contributed by atoms with E-state index in [1.54, 1.807) is 0 Å². The summed E-state index contributed by atoms with van der Waals surface area (Å²) in [7, 11) is 3.94. The van der Waals surface area contributed by atoms with E-state index in [1.807, 2.05) is 32.8 Å². The predicted octanol–water partition coefficient (Wildman–Crippen LogP) is 1.69. The molecular weight excluding hydrogens is 226 g/mol. The summed E-state index contributed by atoms with van der Waals surface area (Å²) in [5.74, 6) is 0.260. The van der Waals surface area contributed by atoms with E-state index in [-0.39, 0.29) is 25.5 Å². The smallest absolute Gasteiger partial charge is 0.240 e. The van der Waals surface area contributed by atoms with Gasteiger partial charge in [-0.15, -0.1) is 0 Å². The van der Waals surface area contributed by atoms with Crippen LogP contribution < -0.4 is 5.73 Å². The van der Waals surface area contributed by atoms with Gasteiger partial charge in [-0.2, -0.15) is 0 Å². The van der Waals surface area contributed by atoms with Gasteiger partial charge in [0, 0.05) is 27.1 Å². The Balaban J connectivity index is 0.00000103.